The number of hydrogen-bond acceptors (Lipinski definition) is 5. The Kier molecular flexibility index (Phi) is 3.29. The summed E-state index contributed by atoms with van der Waals surface area (Å²) in [5.74, 6) is -0.591. The summed E-state index contributed by atoms with van der Waals surface area (Å²) in [7, 11) is 2.66. The molecule has 0 aliphatic heterocycles. The second kappa shape index (κ2) is 4.47. The van der Waals surface area contributed by atoms with Gasteiger partial charge in [0, 0.05) is 13.2 Å². The van der Waals surface area contributed by atoms with Crippen molar-refractivity contribution in [3.8, 4) is 0 Å². The van der Waals surface area contributed by atoms with E-state index < -0.39 is 10.8 Å². The van der Waals surface area contributed by atoms with Crippen molar-refractivity contribution >= 4 is 11.6 Å². The fourth-order valence-corrected chi connectivity index (χ4v) is 0.965. The van der Waals surface area contributed by atoms with Gasteiger partial charge in [-0.25, -0.2) is 5.06 Å². The SMILES string of the molecule is CON(C)C(=O)c1ccncc1[N+](=O)[O-]. The van der Waals surface area contributed by atoms with Gasteiger partial charge in [-0.15, -0.1) is 0 Å². The first-order valence-corrected chi connectivity index (χ1v) is 3.98. The maximum Gasteiger partial charge on any atom is 0.300 e. The lowest BCUT2D eigenvalue weighted by Gasteiger charge is -2.12. The molecule has 1 aromatic rings. The van der Waals surface area contributed by atoms with Crippen molar-refractivity contribution in [1.29, 1.82) is 0 Å². The van der Waals surface area contributed by atoms with E-state index in [0.29, 0.717) is 0 Å². The van der Waals surface area contributed by atoms with Gasteiger partial charge in [0.2, 0.25) is 0 Å². The Bertz CT molecular complexity index is 393. The zero-order valence-electron chi connectivity index (χ0n) is 8.21. The number of carbonyl (C=O) groups is 1. The van der Waals surface area contributed by atoms with Crippen LogP contribution < -0.4 is 0 Å². The Morgan fingerprint density at radius 2 is 2.33 bits per heavy atom. The van der Waals surface area contributed by atoms with E-state index in [0.717, 1.165) is 11.3 Å². The number of pyridine rings is 1. The fraction of sp³-hybridized carbons (Fsp3) is 0.250. The molecule has 0 saturated carbocycles. The number of aromatic nitrogens is 1. The van der Waals surface area contributed by atoms with Gasteiger partial charge in [-0.3, -0.25) is 24.7 Å². The van der Waals surface area contributed by atoms with Gasteiger partial charge in [-0.05, 0) is 6.07 Å². The van der Waals surface area contributed by atoms with Crippen molar-refractivity contribution < 1.29 is 14.6 Å². The third-order valence-corrected chi connectivity index (χ3v) is 1.79. The standard InChI is InChI=1S/C8H9N3O4/c1-10(15-2)8(12)6-3-4-9-5-7(6)11(13)14/h3-5H,1-2H3. The van der Waals surface area contributed by atoms with E-state index >= 15 is 0 Å². The number of carbonyl (C=O) groups excluding carboxylic acids is 1. The summed E-state index contributed by atoms with van der Waals surface area (Å²) in [6.45, 7) is 0. The number of nitro groups is 1. The second-order valence-corrected chi connectivity index (χ2v) is 2.64. The molecule has 0 aliphatic carbocycles. The van der Waals surface area contributed by atoms with Gasteiger partial charge in [0.15, 0.2) is 0 Å². The van der Waals surface area contributed by atoms with Crippen molar-refractivity contribution in [2.75, 3.05) is 14.2 Å². The highest BCUT2D eigenvalue weighted by Gasteiger charge is 2.22. The number of hydroxylamine groups is 2. The lowest BCUT2D eigenvalue weighted by Crippen LogP contribution is -2.26. The van der Waals surface area contributed by atoms with Crippen molar-refractivity contribution in [2.45, 2.75) is 0 Å². The van der Waals surface area contributed by atoms with Gasteiger partial charge in [-0.2, -0.15) is 0 Å². The predicted molar refractivity (Wildman–Crippen MR) is 50.0 cm³/mol. The lowest BCUT2D eigenvalue weighted by atomic mass is 10.2. The van der Waals surface area contributed by atoms with Crippen molar-refractivity contribution in [1.82, 2.24) is 10.0 Å². The summed E-state index contributed by atoms with van der Waals surface area (Å²) in [6.07, 6.45) is 2.33. The van der Waals surface area contributed by atoms with E-state index in [1.807, 2.05) is 0 Å². The Hall–Kier alpha value is -2.02. The molecule has 0 aliphatic rings. The van der Waals surface area contributed by atoms with Crippen LogP contribution in [0.1, 0.15) is 10.4 Å². The highest BCUT2D eigenvalue weighted by atomic mass is 16.7. The molecule has 0 fully saturated rings. The summed E-state index contributed by atoms with van der Waals surface area (Å²) < 4.78 is 0. The van der Waals surface area contributed by atoms with E-state index in [2.05, 4.69) is 9.82 Å². The molecule has 0 aromatic carbocycles. The minimum Gasteiger partial charge on any atom is -0.274 e. The minimum atomic E-state index is -0.663. The Morgan fingerprint density at radius 1 is 1.67 bits per heavy atom. The molecule has 15 heavy (non-hydrogen) atoms. The first kappa shape index (κ1) is 11.1. The van der Waals surface area contributed by atoms with Crippen LogP contribution in [0.4, 0.5) is 5.69 Å². The molecule has 0 atom stereocenters. The molecule has 1 heterocycles. The van der Waals surface area contributed by atoms with Gasteiger partial charge in [0.25, 0.3) is 11.6 Å². The first-order chi connectivity index (χ1) is 7.07. The highest BCUT2D eigenvalue weighted by Crippen LogP contribution is 2.17. The molecule has 80 valence electrons. The third kappa shape index (κ3) is 2.26. The van der Waals surface area contributed by atoms with Gasteiger partial charge in [0.05, 0.1) is 12.0 Å². The van der Waals surface area contributed by atoms with E-state index in [-0.39, 0.29) is 11.3 Å². The quantitative estimate of drug-likeness (QED) is 0.540. The Morgan fingerprint density at radius 3 is 2.87 bits per heavy atom. The molecule has 1 aromatic heterocycles. The van der Waals surface area contributed by atoms with Gasteiger partial charge >= 0.3 is 0 Å². The predicted octanol–water partition coefficient (Wildman–Crippen LogP) is 0.623. The summed E-state index contributed by atoms with van der Waals surface area (Å²) in [6, 6.07) is 1.27. The van der Waals surface area contributed by atoms with Gasteiger partial charge in [-0.1, -0.05) is 0 Å². The van der Waals surface area contributed by atoms with Crippen LogP contribution in [0.5, 0.6) is 0 Å². The average molecular weight is 211 g/mol. The van der Waals surface area contributed by atoms with E-state index in [4.69, 9.17) is 0 Å². The van der Waals surface area contributed by atoms with Crippen LogP contribution in [0.2, 0.25) is 0 Å². The fourth-order valence-electron chi connectivity index (χ4n) is 0.965. The molecule has 7 heteroatoms. The van der Waals surface area contributed by atoms with Crippen LogP contribution in [0.3, 0.4) is 0 Å². The molecule has 1 amide bonds. The van der Waals surface area contributed by atoms with Crippen LogP contribution in [-0.2, 0) is 4.84 Å². The topological polar surface area (TPSA) is 85.6 Å². The maximum atomic E-state index is 11.6. The van der Waals surface area contributed by atoms with Gasteiger partial charge < -0.3 is 0 Å². The molecular formula is C8H9N3O4. The van der Waals surface area contributed by atoms with E-state index in [9.17, 15) is 14.9 Å². The van der Waals surface area contributed by atoms with E-state index in [1.165, 1.54) is 26.4 Å². The molecule has 0 saturated heterocycles. The summed E-state index contributed by atoms with van der Waals surface area (Å²) >= 11 is 0. The Balaban J connectivity index is 3.13. The van der Waals surface area contributed by atoms with Crippen LogP contribution in [-0.4, -0.2) is 35.0 Å². The molecule has 1 rings (SSSR count). The minimum absolute atomic E-state index is 0.0562. The molecule has 0 unspecified atom stereocenters. The number of rotatable bonds is 3. The van der Waals surface area contributed by atoms with Crippen LogP contribution in [0.25, 0.3) is 0 Å². The monoisotopic (exact) mass is 211 g/mol. The molecule has 0 N–H and O–H groups in total. The molecule has 0 radical (unpaired) electrons. The summed E-state index contributed by atoms with van der Waals surface area (Å²) in [4.78, 5) is 29.7. The average Bonchev–Trinajstić information content (AvgIpc) is 2.27. The van der Waals surface area contributed by atoms with Crippen molar-refractivity contribution in [2.24, 2.45) is 0 Å². The first-order valence-electron chi connectivity index (χ1n) is 3.98. The number of hydrogen-bond donors (Lipinski definition) is 0. The Labute approximate surface area is 85.4 Å². The normalized spacial score (nSPS) is 9.73. The van der Waals surface area contributed by atoms with Crippen LogP contribution >= 0.6 is 0 Å². The molecule has 0 spiro atoms. The third-order valence-electron chi connectivity index (χ3n) is 1.79. The zero-order valence-corrected chi connectivity index (χ0v) is 8.21. The zero-order chi connectivity index (χ0) is 11.4. The van der Waals surface area contributed by atoms with Gasteiger partial charge in [0.1, 0.15) is 11.8 Å². The van der Waals surface area contributed by atoms with Crippen molar-refractivity contribution in [3.63, 3.8) is 0 Å². The highest BCUT2D eigenvalue weighted by molar-refractivity contribution is 5.97. The number of nitrogens with zero attached hydrogens (tertiary/aromatic N) is 3. The second-order valence-electron chi connectivity index (χ2n) is 2.64. The molecular weight excluding hydrogens is 202 g/mol. The lowest BCUT2D eigenvalue weighted by molar-refractivity contribution is -0.385. The summed E-state index contributed by atoms with van der Waals surface area (Å²) in [5, 5.41) is 11.5. The van der Waals surface area contributed by atoms with E-state index in [1.54, 1.807) is 0 Å². The number of amides is 1. The summed E-state index contributed by atoms with van der Waals surface area (Å²) in [5.41, 5.74) is -0.397. The van der Waals surface area contributed by atoms with Crippen molar-refractivity contribution in [3.05, 3.63) is 34.1 Å². The smallest absolute Gasteiger partial charge is 0.274 e. The largest absolute Gasteiger partial charge is 0.300 e. The molecule has 0 bridgehead atoms. The maximum absolute atomic E-state index is 11.6. The molecule has 7 nitrogen and oxygen atoms in total. The van der Waals surface area contributed by atoms with Crippen LogP contribution in [0, 0.1) is 10.1 Å². The van der Waals surface area contributed by atoms with Crippen LogP contribution in [0.15, 0.2) is 18.5 Å².